The van der Waals surface area contributed by atoms with E-state index in [1.165, 1.54) is 36.4 Å². The molecule has 2 N–H and O–H groups in total. The lowest BCUT2D eigenvalue weighted by molar-refractivity contribution is -0.114. The van der Waals surface area contributed by atoms with E-state index in [2.05, 4.69) is 10.0 Å². The smallest absolute Gasteiger partial charge is 0.261 e. The van der Waals surface area contributed by atoms with Gasteiger partial charge in [-0.25, -0.2) is 16.8 Å². The van der Waals surface area contributed by atoms with Gasteiger partial charge in [-0.05, 0) is 67.4 Å². The summed E-state index contributed by atoms with van der Waals surface area (Å²) >= 11 is 0. The molecule has 0 unspecified atom stereocenters. The normalized spacial score (nSPS) is 12.8. The zero-order chi connectivity index (χ0) is 26.1. The maximum absolute atomic E-state index is 12.8. The number of hydrogen-bond acceptors (Lipinski definition) is 7. The summed E-state index contributed by atoms with van der Waals surface area (Å²) < 4.78 is 64.4. The largest absolute Gasteiger partial charge is 0.454 e. The van der Waals surface area contributed by atoms with Gasteiger partial charge in [0.1, 0.15) is 6.54 Å². The quantitative estimate of drug-likeness (QED) is 0.456. The van der Waals surface area contributed by atoms with Gasteiger partial charge in [-0.3, -0.25) is 13.8 Å². The summed E-state index contributed by atoms with van der Waals surface area (Å²) in [7, 11) is -7.65. The first-order valence-corrected chi connectivity index (χ1v) is 14.1. The summed E-state index contributed by atoms with van der Waals surface area (Å²) in [5.41, 5.74) is 2.74. The predicted molar refractivity (Wildman–Crippen MR) is 137 cm³/mol. The van der Waals surface area contributed by atoms with Crippen molar-refractivity contribution in [1.29, 1.82) is 0 Å². The van der Waals surface area contributed by atoms with E-state index in [4.69, 9.17) is 9.47 Å². The Morgan fingerprint density at radius 1 is 0.917 bits per heavy atom. The average molecular weight is 532 g/mol. The minimum atomic E-state index is -3.85. The first-order valence-electron chi connectivity index (χ1n) is 10.8. The van der Waals surface area contributed by atoms with E-state index < -0.39 is 32.5 Å². The standard InChI is InChI=1S/C24H25N3O7S2/c1-16-4-5-17(2)21(12-16)26-36(31,32)20-9-6-18(7-10-20)25-24(28)14-27(35(3,29)30)19-8-11-22-23(13-19)34-15-33-22/h4-13,26H,14-15H2,1-3H3,(H,25,28). The van der Waals surface area contributed by atoms with Gasteiger partial charge in [0.05, 0.1) is 22.5 Å². The molecule has 36 heavy (non-hydrogen) atoms. The van der Waals surface area contributed by atoms with E-state index in [1.807, 2.05) is 19.1 Å². The van der Waals surface area contributed by atoms with Crippen molar-refractivity contribution in [3.8, 4) is 11.5 Å². The molecule has 1 amide bonds. The Morgan fingerprint density at radius 3 is 2.31 bits per heavy atom. The molecule has 10 nitrogen and oxygen atoms in total. The number of fused-ring (bicyclic) bond motifs is 1. The summed E-state index contributed by atoms with van der Waals surface area (Å²) in [6.45, 7) is 3.21. The highest BCUT2D eigenvalue weighted by atomic mass is 32.2. The van der Waals surface area contributed by atoms with Crippen molar-refractivity contribution in [2.24, 2.45) is 0 Å². The molecule has 12 heteroatoms. The van der Waals surface area contributed by atoms with Crippen LogP contribution in [-0.4, -0.2) is 42.3 Å². The molecule has 0 aliphatic carbocycles. The van der Waals surface area contributed by atoms with Crippen LogP contribution < -0.4 is 23.8 Å². The van der Waals surface area contributed by atoms with Gasteiger partial charge in [0.2, 0.25) is 22.7 Å². The maximum Gasteiger partial charge on any atom is 0.261 e. The van der Waals surface area contributed by atoms with Crippen molar-refractivity contribution in [2.75, 3.05) is 33.9 Å². The summed E-state index contributed by atoms with van der Waals surface area (Å²) in [5.74, 6) is 0.258. The molecule has 0 aromatic heterocycles. The Labute approximate surface area is 209 Å². The van der Waals surface area contributed by atoms with Crippen LogP contribution in [0, 0.1) is 13.8 Å². The van der Waals surface area contributed by atoms with E-state index >= 15 is 0 Å². The zero-order valence-corrected chi connectivity index (χ0v) is 21.4. The third-order valence-corrected chi connectivity index (χ3v) is 7.94. The first-order chi connectivity index (χ1) is 16.9. The number of nitrogens with one attached hydrogen (secondary N) is 2. The van der Waals surface area contributed by atoms with E-state index in [9.17, 15) is 21.6 Å². The Bertz CT molecular complexity index is 1520. The highest BCUT2D eigenvalue weighted by Gasteiger charge is 2.24. The van der Waals surface area contributed by atoms with Crippen LogP contribution in [0.3, 0.4) is 0 Å². The van der Waals surface area contributed by atoms with Crippen molar-refractivity contribution in [3.05, 3.63) is 71.8 Å². The number of carbonyl (C=O) groups is 1. The molecule has 0 radical (unpaired) electrons. The van der Waals surface area contributed by atoms with Crippen LogP contribution in [0.5, 0.6) is 11.5 Å². The number of carbonyl (C=O) groups excluding carboxylic acids is 1. The van der Waals surface area contributed by atoms with Gasteiger partial charge in [-0.15, -0.1) is 0 Å². The number of nitrogens with zero attached hydrogens (tertiary/aromatic N) is 1. The Morgan fingerprint density at radius 2 is 1.61 bits per heavy atom. The van der Waals surface area contributed by atoms with Crippen LogP contribution in [0.1, 0.15) is 11.1 Å². The number of benzene rings is 3. The van der Waals surface area contributed by atoms with Crippen LogP contribution in [-0.2, 0) is 24.8 Å². The number of hydrogen-bond donors (Lipinski definition) is 2. The number of rotatable bonds is 8. The Balaban J connectivity index is 1.46. The molecule has 0 fully saturated rings. The van der Waals surface area contributed by atoms with Gasteiger partial charge < -0.3 is 14.8 Å². The summed E-state index contributed by atoms with van der Waals surface area (Å²) in [6, 6.07) is 15.6. The van der Waals surface area contributed by atoms with E-state index in [0.717, 1.165) is 21.7 Å². The molecule has 0 spiro atoms. The summed E-state index contributed by atoms with van der Waals surface area (Å²) in [5, 5.41) is 2.60. The Hall–Kier alpha value is -3.77. The average Bonchev–Trinajstić information content (AvgIpc) is 3.27. The third-order valence-electron chi connectivity index (χ3n) is 5.42. The topological polar surface area (TPSA) is 131 Å². The van der Waals surface area contributed by atoms with E-state index in [-0.39, 0.29) is 17.4 Å². The lowest BCUT2D eigenvalue weighted by Gasteiger charge is -2.22. The molecule has 0 atom stereocenters. The second-order valence-corrected chi connectivity index (χ2v) is 11.9. The Kier molecular flexibility index (Phi) is 6.83. The second kappa shape index (κ2) is 9.70. The molecule has 3 aromatic rings. The monoisotopic (exact) mass is 531 g/mol. The van der Waals surface area contributed by atoms with Crippen LogP contribution in [0.4, 0.5) is 17.1 Å². The molecule has 0 bridgehead atoms. The number of sulfonamides is 2. The van der Waals surface area contributed by atoms with E-state index in [1.54, 1.807) is 19.1 Å². The van der Waals surface area contributed by atoms with Crippen molar-refractivity contribution in [1.82, 2.24) is 0 Å². The lowest BCUT2D eigenvalue weighted by Crippen LogP contribution is -2.37. The van der Waals surface area contributed by atoms with Crippen molar-refractivity contribution >= 4 is 43.0 Å². The molecular weight excluding hydrogens is 506 g/mol. The summed E-state index contributed by atoms with van der Waals surface area (Å²) in [4.78, 5) is 12.7. The summed E-state index contributed by atoms with van der Waals surface area (Å²) in [6.07, 6.45) is 0.994. The fourth-order valence-corrected chi connectivity index (χ4v) is 5.51. The zero-order valence-electron chi connectivity index (χ0n) is 19.8. The second-order valence-electron chi connectivity index (χ2n) is 8.30. The maximum atomic E-state index is 12.8. The number of ether oxygens (including phenoxy) is 2. The van der Waals surface area contributed by atoms with Gasteiger partial charge in [0.25, 0.3) is 10.0 Å². The van der Waals surface area contributed by atoms with E-state index in [0.29, 0.717) is 22.9 Å². The third kappa shape index (κ3) is 5.71. The minimum absolute atomic E-state index is 0.0135. The molecule has 1 heterocycles. The molecule has 0 saturated heterocycles. The highest BCUT2D eigenvalue weighted by molar-refractivity contribution is 7.92. The molecule has 1 aliphatic rings. The molecular formula is C24H25N3O7S2. The minimum Gasteiger partial charge on any atom is -0.454 e. The van der Waals surface area contributed by atoms with Crippen molar-refractivity contribution in [3.63, 3.8) is 0 Å². The highest BCUT2D eigenvalue weighted by Crippen LogP contribution is 2.36. The van der Waals surface area contributed by atoms with Gasteiger partial charge in [-0.1, -0.05) is 12.1 Å². The SMILES string of the molecule is Cc1ccc(C)c(NS(=O)(=O)c2ccc(NC(=O)CN(c3ccc4c(c3)OCO4)S(C)(=O)=O)cc2)c1. The molecule has 1 aliphatic heterocycles. The van der Waals surface area contributed by atoms with Crippen LogP contribution in [0.15, 0.2) is 65.6 Å². The molecule has 190 valence electrons. The van der Waals surface area contributed by atoms with Crippen molar-refractivity contribution in [2.45, 2.75) is 18.7 Å². The van der Waals surface area contributed by atoms with Crippen LogP contribution in [0.2, 0.25) is 0 Å². The fourth-order valence-electron chi connectivity index (χ4n) is 3.54. The van der Waals surface area contributed by atoms with Crippen molar-refractivity contribution < 1.29 is 31.1 Å². The predicted octanol–water partition coefficient (Wildman–Crippen LogP) is 3.24. The lowest BCUT2D eigenvalue weighted by atomic mass is 10.1. The van der Waals surface area contributed by atoms with Gasteiger partial charge in [0, 0.05) is 11.8 Å². The molecule has 4 rings (SSSR count). The number of anilines is 3. The first kappa shape index (κ1) is 25.3. The van der Waals surface area contributed by atoms with Gasteiger partial charge in [0.15, 0.2) is 11.5 Å². The fraction of sp³-hybridized carbons (Fsp3) is 0.208. The molecule has 3 aromatic carbocycles. The van der Waals surface area contributed by atoms with Crippen LogP contribution in [0.25, 0.3) is 0 Å². The van der Waals surface area contributed by atoms with Crippen LogP contribution >= 0.6 is 0 Å². The van der Waals surface area contributed by atoms with Gasteiger partial charge in [-0.2, -0.15) is 0 Å². The van der Waals surface area contributed by atoms with Gasteiger partial charge >= 0.3 is 0 Å². The number of amides is 1. The number of aryl methyl sites for hydroxylation is 2. The molecule has 0 saturated carbocycles.